The summed E-state index contributed by atoms with van der Waals surface area (Å²) in [5, 5.41) is 13.1. The molecular formula is C28H36N6O2Si. The molecule has 1 saturated heterocycles. The number of nitrogens with one attached hydrogen (secondary N) is 1. The van der Waals surface area contributed by atoms with Gasteiger partial charge < -0.3 is 14.6 Å². The van der Waals surface area contributed by atoms with E-state index in [0.717, 1.165) is 67.4 Å². The number of pyridine rings is 1. The summed E-state index contributed by atoms with van der Waals surface area (Å²) in [5.74, 6) is 0. The van der Waals surface area contributed by atoms with Crippen molar-refractivity contribution in [1.29, 1.82) is 5.26 Å². The number of rotatable bonds is 8. The van der Waals surface area contributed by atoms with E-state index in [-0.39, 0.29) is 12.1 Å². The van der Waals surface area contributed by atoms with Crippen LogP contribution in [0.2, 0.25) is 25.7 Å². The maximum atomic E-state index is 13.2. The van der Waals surface area contributed by atoms with Gasteiger partial charge in [0.2, 0.25) is 0 Å². The van der Waals surface area contributed by atoms with E-state index in [1.807, 2.05) is 46.1 Å². The highest BCUT2D eigenvalue weighted by Gasteiger charge is 2.34. The van der Waals surface area contributed by atoms with Gasteiger partial charge in [-0.05, 0) is 42.6 Å². The van der Waals surface area contributed by atoms with Crippen molar-refractivity contribution in [3.63, 3.8) is 0 Å². The Kier molecular flexibility index (Phi) is 7.33. The van der Waals surface area contributed by atoms with Crippen LogP contribution >= 0.6 is 0 Å². The number of hydrogen-bond donors (Lipinski definition) is 1. The highest BCUT2D eigenvalue weighted by Crippen LogP contribution is 2.36. The van der Waals surface area contributed by atoms with Gasteiger partial charge in [-0.1, -0.05) is 31.8 Å². The van der Waals surface area contributed by atoms with Crippen LogP contribution in [0.5, 0.6) is 0 Å². The van der Waals surface area contributed by atoms with Gasteiger partial charge in [-0.15, -0.1) is 0 Å². The topological polar surface area (TPSA) is 86.4 Å². The van der Waals surface area contributed by atoms with Gasteiger partial charge in [0.05, 0.1) is 17.3 Å². The van der Waals surface area contributed by atoms with Gasteiger partial charge in [-0.3, -0.25) is 9.80 Å². The number of nitriles is 1. The van der Waals surface area contributed by atoms with Gasteiger partial charge >= 0.3 is 6.03 Å². The molecule has 1 fully saturated rings. The summed E-state index contributed by atoms with van der Waals surface area (Å²) in [4.78, 5) is 22.3. The molecule has 0 bridgehead atoms. The van der Waals surface area contributed by atoms with Crippen LogP contribution in [0.1, 0.15) is 29.5 Å². The summed E-state index contributed by atoms with van der Waals surface area (Å²) in [6.07, 6.45) is 5.75. The van der Waals surface area contributed by atoms with Crippen molar-refractivity contribution in [2.75, 3.05) is 24.6 Å². The molecule has 2 aliphatic heterocycles. The average molecular weight is 517 g/mol. The average Bonchev–Trinajstić information content (AvgIpc) is 3.30. The van der Waals surface area contributed by atoms with E-state index in [4.69, 9.17) is 15.0 Å². The molecule has 0 atom stereocenters. The molecule has 0 unspecified atom stereocenters. The van der Waals surface area contributed by atoms with E-state index in [1.54, 1.807) is 0 Å². The van der Waals surface area contributed by atoms with Crippen LogP contribution in [0.3, 0.4) is 0 Å². The summed E-state index contributed by atoms with van der Waals surface area (Å²) >= 11 is 0. The first-order valence-electron chi connectivity index (χ1n) is 13.2. The molecule has 0 saturated carbocycles. The molecule has 0 spiro atoms. The minimum Gasteiger partial charge on any atom is -0.361 e. The Hall–Kier alpha value is -3.19. The van der Waals surface area contributed by atoms with Crippen LogP contribution in [-0.4, -0.2) is 54.3 Å². The normalized spacial score (nSPS) is 17.0. The van der Waals surface area contributed by atoms with Crippen LogP contribution < -0.4 is 10.2 Å². The standard InChI is InChI=1S/C28H36N6O2Si/c1-37(2,3)15-14-36-20-33-13-10-25-26-23(17-30-27(25)33)18-31-28(35)34(26)24-8-11-32(12-9-24)19-22-6-4-21(16-29)5-7-22/h4-7,10,13,17,24H,8-9,11-12,14-15,18-20H2,1-3H3,(H,31,35). The van der Waals surface area contributed by atoms with Gasteiger partial charge in [0.1, 0.15) is 12.4 Å². The number of anilines is 1. The van der Waals surface area contributed by atoms with E-state index < -0.39 is 8.07 Å². The predicted molar refractivity (Wildman–Crippen MR) is 148 cm³/mol. The smallest absolute Gasteiger partial charge is 0.322 e. The molecule has 2 aliphatic rings. The minimum absolute atomic E-state index is 0.0234. The first-order valence-corrected chi connectivity index (χ1v) is 16.9. The van der Waals surface area contributed by atoms with E-state index in [2.05, 4.69) is 42.0 Å². The number of piperidine rings is 1. The molecule has 3 aromatic rings. The lowest BCUT2D eigenvalue weighted by molar-refractivity contribution is 0.0899. The second-order valence-electron chi connectivity index (χ2n) is 11.3. The Bertz CT molecular complexity index is 1300. The number of benzene rings is 1. The molecular weight excluding hydrogens is 480 g/mol. The number of ether oxygens (including phenoxy) is 1. The quantitative estimate of drug-likeness (QED) is 0.339. The molecule has 37 heavy (non-hydrogen) atoms. The Morgan fingerprint density at radius 3 is 2.62 bits per heavy atom. The highest BCUT2D eigenvalue weighted by molar-refractivity contribution is 6.76. The Balaban J connectivity index is 1.29. The maximum absolute atomic E-state index is 13.2. The van der Waals surface area contributed by atoms with Crippen molar-refractivity contribution < 1.29 is 9.53 Å². The zero-order valence-electron chi connectivity index (χ0n) is 22.0. The van der Waals surface area contributed by atoms with E-state index in [1.165, 1.54) is 5.56 Å². The molecule has 2 amide bonds. The van der Waals surface area contributed by atoms with E-state index in [0.29, 0.717) is 18.8 Å². The first-order chi connectivity index (χ1) is 17.8. The highest BCUT2D eigenvalue weighted by atomic mass is 28.3. The molecule has 9 heteroatoms. The fraction of sp³-hybridized carbons (Fsp3) is 0.464. The molecule has 194 valence electrons. The van der Waals surface area contributed by atoms with Crippen LogP contribution in [0.4, 0.5) is 10.5 Å². The third-order valence-electron chi connectivity index (χ3n) is 7.36. The van der Waals surface area contributed by atoms with Crippen molar-refractivity contribution in [2.45, 2.75) is 64.4 Å². The van der Waals surface area contributed by atoms with Gasteiger partial charge in [-0.25, -0.2) is 9.78 Å². The summed E-state index contributed by atoms with van der Waals surface area (Å²) in [6.45, 7) is 11.5. The second-order valence-corrected chi connectivity index (χ2v) is 17.0. The summed E-state index contributed by atoms with van der Waals surface area (Å²) in [5.41, 5.74) is 4.82. The van der Waals surface area contributed by atoms with Crippen molar-refractivity contribution in [3.8, 4) is 6.07 Å². The Morgan fingerprint density at radius 2 is 1.92 bits per heavy atom. The number of aromatic nitrogens is 2. The van der Waals surface area contributed by atoms with Crippen LogP contribution in [-0.2, 0) is 24.6 Å². The predicted octanol–water partition coefficient (Wildman–Crippen LogP) is 4.91. The number of urea groups is 1. The molecule has 4 heterocycles. The monoisotopic (exact) mass is 516 g/mol. The minimum atomic E-state index is -1.14. The molecule has 0 aliphatic carbocycles. The van der Waals surface area contributed by atoms with Gasteiger partial charge in [0, 0.05) is 70.2 Å². The number of likely N-dealkylation sites (tertiary alicyclic amines) is 1. The zero-order valence-corrected chi connectivity index (χ0v) is 23.0. The molecule has 1 aromatic carbocycles. The Morgan fingerprint density at radius 1 is 1.16 bits per heavy atom. The third-order valence-corrected chi connectivity index (χ3v) is 9.07. The Labute approximate surface area is 219 Å². The number of carbonyl (C=O) groups excluding carboxylic acids is 1. The lowest BCUT2D eigenvalue weighted by Gasteiger charge is -2.41. The molecule has 0 radical (unpaired) electrons. The molecule has 2 aromatic heterocycles. The van der Waals surface area contributed by atoms with E-state index >= 15 is 0 Å². The van der Waals surface area contributed by atoms with Gasteiger partial charge in [-0.2, -0.15) is 5.26 Å². The van der Waals surface area contributed by atoms with E-state index in [9.17, 15) is 4.79 Å². The number of hydrogen-bond acceptors (Lipinski definition) is 5. The van der Waals surface area contributed by atoms with Crippen molar-refractivity contribution in [3.05, 3.63) is 59.4 Å². The number of fused-ring (bicyclic) bond motifs is 3. The third kappa shape index (κ3) is 5.72. The SMILES string of the molecule is C[Si](C)(C)CCOCn1ccc2c3c(cnc21)CNC(=O)N3C1CCN(Cc2ccc(C#N)cc2)CC1. The molecule has 8 nitrogen and oxygen atoms in total. The lowest BCUT2D eigenvalue weighted by Crippen LogP contribution is -2.53. The zero-order chi connectivity index (χ0) is 26.0. The van der Waals surface area contributed by atoms with Crippen LogP contribution in [0.25, 0.3) is 11.0 Å². The van der Waals surface area contributed by atoms with Crippen molar-refractivity contribution >= 4 is 30.8 Å². The van der Waals surface area contributed by atoms with Gasteiger partial charge in [0.25, 0.3) is 0 Å². The fourth-order valence-electron chi connectivity index (χ4n) is 5.21. The number of amides is 2. The molecule has 5 rings (SSSR count). The summed E-state index contributed by atoms with van der Waals surface area (Å²) in [7, 11) is -1.14. The lowest BCUT2D eigenvalue weighted by atomic mass is 9.99. The first kappa shape index (κ1) is 25.5. The molecule has 1 N–H and O–H groups in total. The largest absolute Gasteiger partial charge is 0.361 e. The maximum Gasteiger partial charge on any atom is 0.322 e. The van der Waals surface area contributed by atoms with Crippen LogP contribution in [0, 0.1) is 11.3 Å². The fourth-order valence-corrected chi connectivity index (χ4v) is 5.97. The number of nitrogens with zero attached hydrogens (tertiary/aromatic N) is 5. The van der Waals surface area contributed by atoms with Crippen molar-refractivity contribution in [2.24, 2.45) is 0 Å². The van der Waals surface area contributed by atoms with Crippen molar-refractivity contribution in [1.82, 2.24) is 19.8 Å². The second kappa shape index (κ2) is 10.7. The van der Waals surface area contributed by atoms with Gasteiger partial charge in [0.15, 0.2) is 0 Å². The summed E-state index contributed by atoms with van der Waals surface area (Å²) in [6, 6.07) is 13.3. The summed E-state index contributed by atoms with van der Waals surface area (Å²) < 4.78 is 8.03. The van der Waals surface area contributed by atoms with Crippen LogP contribution in [0.15, 0.2) is 42.7 Å². The number of carbonyl (C=O) groups is 1.